The highest BCUT2D eigenvalue weighted by Gasteiger charge is 2.38. The van der Waals surface area contributed by atoms with Gasteiger partial charge in [0.2, 0.25) is 5.91 Å². The molecule has 0 aromatic carbocycles. The number of imidazole rings is 1. The van der Waals surface area contributed by atoms with E-state index in [-0.39, 0.29) is 12.2 Å². The first-order chi connectivity index (χ1) is 12.7. The van der Waals surface area contributed by atoms with Crippen molar-refractivity contribution in [1.82, 2.24) is 24.6 Å². The van der Waals surface area contributed by atoms with Gasteiger partial charge in [-0.15, -0.1) is 0 Å². The number of carbonyl (C=O) groups excluding carboxylic acids is 1. The van der Waals surface area contributed by atoms with Crippen LogP contribution in [-0.2, 0) is 18.6 Å². The van der Waals surface area contributed by atoms with Crippen LogP contribution in [0.1, 0.15) is 19.6 Å². The van der Waals surface area contributed by atoms with Crippen LogP contribution in [0.2, 0.25) is 0 Å². The number of ether oxygens (including phenoxy) is 1. The van der Waals surface area contributed by atoms with Crippen LogP contribution in [0.3, 0.4) is 0 Å². The van der Waals surface area contributed by atoms with Gasteiger partial charge in [-0.1, -0.05) is 0 Å². The lowest BCUT2D eigenvalue weighted by atomic mass is 10.2. The molecule has 13 nitrogen and oxygen atoms in total. The van der Waals surface area contributed by atoms with Crippen molar-refractivity contribution in [3.05, 3.63) is 12.7 Å². The van der Waals surface area contributed by atoms with Gasteiger partial charge in [0, 0.05) is 6.42 Å². The number of carbonyl (C=O) groups is 1. The van der Waals surface area contributed by atoms with Crippen LogP contribution in [0.5, 0.6) is 0 Å². The van der Waals surface area contributed by atoms with E-state index in [9.17, 15) is 19.4 Å². The molecule has 14 heteroatoms. The van der Waals surface area contributed by atoms with E-state index in [0.717, 1.165) is 0 Å². The molecular weight excluding hydrogens is 381 g/mol. The van der Waals surface area contributed by atoms with E-state index >= 15 is 0 Å². The SMILES string of the molecule is C[C@H](N)C(=O)NP(=O)(O)OC[C@H]1O[C@@H](n2cnc3c(N)ncnc32)C[C@@H]1O. The summed E-state index contributed by atoms with van der Waals surface area (Å²) in [6, 6.07) is -0.976. The number of nitrogens with two attached hydrogens (primary N) is 2. The minimum atomic E-state index is -4.43. The van der Waals surface area contributed by atoms with Crippen LogP contribution in [0.25, 0.3) is 11.2 Å². The standard InChI is InChI=1S/C13H20N7O6P/c1-6(14)13(22)19-27(23,24)25-3-8-7(21)2-9(26-8)20-5-18-10-11(15)16-4-17-12(10)20/h4-9,21H,2-3,14H2,1H3,(H2,15,16,17)(H2,19,22,23,24)/t6-,7-,8+,9+/m0/s1. The zero-order valence-electron chi connectivity index (χ0n) is 14.3. The first-order valence-electron chi connectivity index (χ1n) is 7.99. The van der Waals surface area contributed by atoms with Crippen LogP contribution >= 0.6 is 7.75 Å². The highest BCUT2D eigenvalue weighted by Crippen LogP contribution is 2.39. The Morgan fingerprint density at radius 3 is 3.00 bits per heavy atom. The first kappa shape index (κ1) is 19.6. The Morgan fingerprint density at radius 2 is 2.30 bits per heavy atom. The number of amides is 1. The molecule has 0 aliphatic carbocycles. The molecule has 2 aromatic rings. The second-order valence-electron chi connectivity index (χ2n) is 6.10. The molecule has 5 atom stereocenters. The molecule has 0 radical (unpaired) electrons. The van der Waals surface area contributed by atoms with Crippen molar-refractivity contribution in [1.29, 1.82) is 0 Å². The Morgan fingerprint density at radius 1 is 1.56 bits per heavy atom. The number of nitrogens with one attached hydrogen (secondary N) is 1. The molecule has 1 unspecified atom stereocenters. The van der Waals surface area contributed by atoms with Crippen molar-refractivity contribution >= 4 is 30.6 Å². The molecular formula is C13H20N7O6P. The number of hydrogen-bond acceptors (Lipinski definition) is 10. The molecule has 148 valence electrons. The zero-order valence-corrected chi connectivity index (χ0v) is 15.2. The van der Waals surface area contributed by atoms with E-state index in [0.29, 0.717) is 11.2 Å². The smallest absolute Gasteiger partial charge is 0.390 e. The molecule has 0 bridgehead atoms. The summed E-state index contributed by atoms with van der Waals surface area (Å²) in [5.41, 5.74) is 11.9. The third-order valence-corrected chi connectivity index (χ3v) is 4.98. The van der Waals surface area contributed by atoms with Gasteiger partial charge in [-0.3, -0.25) is 19.0 Å². The summed E-state index contributed by atoms with van der Waals surface area (Å²) < 4.78 is 24.0. The molecule has 0 saturated carbocycles. The van der Waals surface area contributed by atoms with Crippen LogP contribution in [0.4, 0.5) is 5.82 Å². The van der Waals surface area contributed by atoms with E-state index in [2.05, 4.69) is 15.0 Å². The average molecular weight is 401 g/mol. The zero-order chi connectivity index (χ0) is 19.8. The quantitative estimate of drug-likeness (QED) is 0.358. The Hall–Kier alpha value is -2.15. The van der Waals surface area contributed by atoms with Crippen molar-refractivity contribution in [2.75, 3.05) is 12.3 Å². The predicted octanol–water partition coefficient (Wildman–Crippen LogP) is -1.36. The summed E-state index contributed by atoms with van der Waals surface area (Å²) in [5.74, 6) is -0.628. The van der Waals surface area contributed by atoms with E-state index in [1.807, 2.05) is 0 Å². The number of aliphatic hydroxyl groups is 1. The molecule has 2 aromatic heterocycles. The monoisotopic (exact) mass is 401 g/mol. The molecule has 3 rings (SSSR count). The summed E-state index contributed by atoms with van der Waals surface area (Å²) in [4.78, 5) is 33.2. The molecule has 1 aliphatic heterocycles. The van der Waals surface area contributed by atoms with Gasteiger partial charge in [0.05, 0.1) is 25.1 Å². The lowest BCUT2D eigenvalue weighted by molar-refractivity contribution is -0.120. The fourth-order valence-electron chi connectivity index (χ4n) is 2.56. The molecule has 0 spiro atoms. The van der Waals surface area contributed by atoms with Crippen LogP contribution < -0.4 is 16.6 Å². The van der Waals surface area contributed by atoms with Crippen LogP contribution in [0.15, 0.2) is 12.7 Å². The largest absolute Gasteiger partial charge is 0.432 e. The molecule has 1 amide bonds. The Kier molecular flexibility index (Phi) is 5.42. The van der Waals surface area contributed by atoms with Gasteiger partial charge < -0.3 is 26.2 Å². The van der Waals surface area contributed by atoms with E-state index in [4.69, 9.17) is 20.7 Å². The highest BCUT2D eigenvalue weighted by molar-refractivity contribution is 7.51. The van der Waals surface area contributed by atoms with E-state index < -0.39 is 44.7 Å². The van der Waals surface area contributed by atoms with Crippen molar-refractivity contribution in [2.45, 2.75) is 37.8 Å². The molecule has 7 N–H and O–H groups in total. The fraction of sp³-hybridized carbons (Fsp3) is 0.538. The van der Waals surface area contributed by atoms with Crippen molar-refractivity contribution in [2.24, 2.45) is 5.73 Å². The Bertz CT molecular complexity index is 889. The normalized spacial score (nSPS) is 26.0. The average Bonchev–Trinajstić information content (AvgIpc) is 3.17. The molecule has 27 heavy (non-hydrogen) atoms. The lowest BCUT2D eigenvalue weighted by Gasteiger charge is -2.19. The van der Waals surface area contributed by atoms with Crippen LogP contribution in [-0.4, -0.2) is 60.3 Å². The van der Waals surface area contributed by atoms with Gasteiger partial charge in [0.15, 0.2) is 11.5 Å². The number of aromatic nitrogens is 4. The second kappa shape index (κ2) is 7.46. The number of anilines is 1. The van der Waals surface area contributed by atoms with Crippen molar-refractivity contribution < 1.29 is 28.6 Å². The fourth-order valence-corrected chi connectivity index (χ4v) is 3.46. The minimum Gasteiger partial charge on any atom is -0.390 e. The second-order valence-corrected chi connectivity index (χ2v) is 7.62. The maximum Gasteiger partial charge on any atom is 0.432 e. The van der Waals surface area contributed by atoms with Gasteiger partial charge in [-0.25, -0.2) is 19.5 Å². The number of nitrogen functional groups attached to an aromatic ring is 1. The van der Waals surface area contributed by atoms with Gasteiger partial charge >= 0.3 is 7.75 Å². The summed E-state index contributed by atoms with van der Waals surface area (Å²) in [6.45, 7) is 0.934. The third kappa shape index (κ3) is 4.24. The number of nitrogens with zero attached hydrogens (tertiary/aromatic N) is 4. The minimum absolute atomic E-state index is 0.172. The van der Waals surface area contributed by atoms with Crippen molar-refractivity contribution in [3.8, 4) is 0 Å². The van der Waals surface area contributed by atoms with E-state index in [1.165, 1.54) is 19.6 Å². The lowest BCUT2D eigenvalue weighted by Crippen LogP contribution is -2.37. The summed E-state index contributed by atoms with van der Waals surface area (Å²) in [6.07, 6.45) is 0.395. The summed E-state index contributed by atoms with van der Waals surface area (Å²) in [7, 11) is -4.43. The van der Waals surface area contributed by atoms with E-state index in [1.54, 1.807) is 9.65 Å². The van der Waals surface area contributed by atoms with Crippen LogP contribution in [0, 0.1) is 0 Å². The first-order valence-corrected chi connectivity index (χ1v) is 9.57. The van der Waals surface area contributed by atoms with Gasteiger partial charge in [-0.05, 0) is 6.92 Å². The number of aliphatic hydroxyl groups excluding tert-OH is 1. The topological polar surface area (TPSA) is 201 Å². The molecule has 1 aliphatic rings. The number of rotatable bonds is 6. The highest BCUT2D eigenvalue weighted by atomic mass is 31.2. The van der Waals surface area contributed by atoms with Crippen molar-refractivity contribution in [3.63, 3.8) is 0 Å². The summed E-state index contributed by atoms with van der Waals surface area (Å²) in [5, 5.41) is 12.0. The molecule has 1 fully saturated rings. The third-order valence-electron chi connectivity index (χ3n) is 3.98. The predicted molar refractivity (Wildman–Crippen MR) is 91.8 cm³/mol. The maximum atomic E-state index is 11.9. The van der Waals surface area contributed by atoms with Gasteiger partial charge in [-0.2, -0.15) is 0 Å². The summed E-state index contributed by atoms with van der Waals surface area (Å²) >= 11 is 0. The number of fused-ring (bicyclic) bond motifs is 1. The maximum absolute atomic E-state index is 11.9. The molecule has 3 heterocycles. The number of hydrogen-bond donors (Lipinski definition) is 5. The van der Waals surface area contributed by atoms with Gasteiger partial charge in [0.1, 0.15) is 24.2 Å². The molecule has 1 saturated heterocycles. The Labute approximate surface area is 153 Å². The Balaban J connectivity index is 1.65. The van der Waals surface area contributed by atoms with Gasteiger partial charge in [0.25, 0.3) is 0 Å².